The fourth-order valence-corrected chi connectivity index (χ4v) is 6.99. The summed E-state index contributed by atoms with van der Waals surface area (Å²) >= 11 is 0. The van der Waals surface area contributed by atoms with E-state index in [0.29, 0.717) is 11.8 Å². The van der Waals surface area contributed by atoms with Gasteiger partial charge in [-0.1, -0.05) is 48.5 Å². The van der Waals surface area contributed by atoms with Crippen molar-refractivity contribution in [2.24, 2.45) is 39.9 Å². The van der Waals surface area contributed by atoms with Crippen LogP contribution in [0.5, 0.6) is 0 Å². The first-order chi connectivity index (χ1) is 13.7. The highest BCUT2D eigenvalue weighted by Gasteiger charge is 2.63. The van der Waals surface area contributed by atoms with E-state index in [2.05, 4.69) is 48.5 Å². The van der Waals surface area contributed by atoms with Gasteiger partial charge in [0.2, 0.25) is 0 Å². The van der Waals surface area contributed by atoms with E-state index in [9.17, 15) is 9.59 Å². The first-order valence-corrected chi connectivity index (χ1v) is 12.1. The van der Waals surface area contributed by atoms with Crippen molar-refractivity contribution >= 4 is 11.9 Å². The number of carbonyl (C=O) groups is 2. The maximum absolute atomic E-state index is 13.1. The molecule has 4 aliphatic rings. The number of hydrogen-bond acceptors (Lipinski definition) is 4. The van der Waals surface area contributed by atoms with Crippen LogP contribution >= 0.6 is 0 Å². The molecule has 0 amide bonds. The number of rotatable bonds is 7. The molecule has 0 radical (unpaired) electrons. The molecule has 4 bridgehead atoms. The molecule has 4 heteroatoms. The Kier molecular flexibility index (Phi) is 6.15. The topological polar surface area (TPSA) is 52.6 Å². The maximum atomic E-state index is 13.1. The van der Waals surface area contributed by atoms with Crippen LogP contribution in [0.4, 0.5) is 0 Å². The summed E-state index contributed by atoms with van der Waals surface area (Å²) in [5.74, 6) is 2.29. The van der Waals surface area contributed by atoms with Gasteiger partial charge in [0.25, 0.3) is 0 Å². The zero-order chi connectivity index (χ0) is 22.5. The van der Waals surface area contributed by atoms with Crippen molar-refractivity contribution < 1.29 is 19.1 Å². The van der Waals surface area contributed by atoms with Crippen LogP contribution in [0.15, 0.2) is 0 Å². The Morgan fingerprint density at radius 3 is 2.17 bits per heavy atom. The van der Waals surface area contributed by atoms with Crippen LogP contribution in [0.25, 0.3) is 0 Å². The molecular weight excluding hydrogens is 376 g/mol. The number of ether oxygens (including phenoxy) is 2. The van der Waals surface area contributed by atoms with Crippen molar-refractivity contribution in [1.29, 1.82) is 0 Å². The number of esters is 2. The second kappa shape index (κ2) is 7.81. The highest BCUT2D eigenvalue weighted by atomic mass is 16.6. The second-order valence-electron chi connectivity index (χ2n) is 12.9. The van der Waals surface area contributed by atoms with Gasteiger partial charge in [-0.15, -0.1) is 0 Å². The van der Waals surface area contributed by atoms with Crippen LogP contribution < -0.4 is 0 Å². The standard InChI is InChI=1S/C26H44O4/c1-9-26(19-13-17-12-18(15-19)20(26)14-17)30-21(27)10-11-29-22(28)25(8,24(5,6)7)16-23(2,3)4/h17-20H,9-16H2,1-8H3. The van der Waals surface area contributed by atoms with Gasteiger partial charge in [0, 0.05) is 5.92 Å². The van der Waals surface area contributed by atoms with E-state index in [1.807, 2.05) is 6.92 Å². The normalized spacial score (nSPS) is 34.7. The Morgan fingerprint density at radius 1 is 0.967 bits per heavy atom. The zero-order valence-electron chi connectivity index (χ0n) is 20.6. The zero-order valence-corrected chi connectivity index (χ0v) is 20.6. The summed E-state index contributed by atoms with van der Waals surface area (Å²) in [5.41, 5.74) is -1.09. The molecular formula is C26H44O4. The fraction of sp³-hybridized carbons (Fsp3) is 0.923. The van der Waals surface area contributed by atoms with Crippen molar-refractivity contribution in [1.82, 2.24) is 0 Å². The summed E-state index contributed by atoms with van der Waals surface area (Å²) in [4.78, 5) is 25.8. The molecule has 4 aliphatic carbocycles. The Balaban J connectivity index is 1.57. The van der Waals surface area contributed by atoms with E-state index in [1.165, 1.54) is 25.7 Å². The van der Waals surface area contributed by atoms with Crippen LogP contribution in [0.2, 0.25) is 0 Å². The lowest BCUT2D eigenvalue weighted by Crippen LogP contribution is -2.47. The fourth-order valence-electron chi connectivity index (χ4n) is 6.99. The lowest BCUT2D eigenvalue weighted by Gasteiger charge is -2.44. The highest BCUT2D eigenvalue weighted by Crippen LogP contribution is 2.65. The Labute approximate surface area is 183 Å². The largest absolute Gasteiger partial charge is 0.465 e. The number of hydrogen-bond donors (Lipinski definition) is 0. The number of carbonyl (C=O) groups excluding carboxylic acids is 2. The second-order valence-corrected chi connectivity index (χ2v) is 12.9. The average Bonchev–Trinajstić information content (AvgIpc) is 3.00. The van der Waals surface area contributed by atoms with Gasteiger partial charge in [-0.25, -0.2) is 0 Å². The predicted octanol–water partition coefficient (Wildman–Crippen LogP) is 6.17. The van der Waals surface area contributed by atoms with Crippen LogP contribution in [-0.2, 0) is 19.1 Å². The molecule has 6 atom stereocenters. The third kappa shape index (κ3) is 4.17. The molecule has 0 aromatic rings. The molecule has 0 aromatic heterocycles. The molecule has 0 N–H and O–H groups in total. The molecule has 6 unspecified atom stereocenters. The predicted molar refractivity (Wildman–Crippen MR) is 119 cm³/mol. The Hall–Kier alpha value is -1.06. The van der Waals surface area contributed by atoms with Crippen LogP contribution in [0.3, 0.4) is 0 Å². The average molecular weight is 421 g/mol. The Morgan fingerprint density at radius 2 is 1.63 bits per heavy atom. The lowest BCUT2D eigenvalue weighted by molar-refractivity contribution is -0.178. The molecule has 0 aromatic carbocycles. The van der Waals surface area contributed by atoms with E-state index in [-0.39, 0.29) is 41.4 Å². The molecule has 0 spiro atoms. The van der Waals surface area contributed by atoms with Gasteiger partial charge in [-0.05, 0) is 74.0 Å². The van der Waals surface area contributed by atoms with Crippen LogP contribution in [-0.4, -0.2) is 24.1 Å². The lowest BCUT2D eigenvalue weighted by atomic mass is 9.61. The van der Waals surface area contributed by atoms with Crippen molar-refractivity contribution in [3.63, 3.8) is 0 Å². The highest BCUT2D eigenvalue weighted by molar-refractivity contribution is 5.78. The van der Waals surface area contributed by atoms with Crippen molar-refractivity contribution in [3.8, 4) is 0 Å². The van der Waals surface area contributed by atoms with Crippen molar-refractivity contribution in [3.05, 3.63) is 0 Å². The van der Waals surface area contributed by atoms with E-state index in [0.717, 1.165) is 24.7 Å². The quantitative estimate of drug-likeness (QED) is 0.462. The minimum Gasteiger partial charge on any atom is -0.465 e. The van der Waals surface area contributed by atoms with Gasteiger partial charge in [0.1, 0.15) is 12.2 Å². The van der Waals surface area contributed by atoms with Gasteiger partial charge in [0.05, 0.1) is 11.8 Å². The first-order valence-electron chi connectivity index (χ1n) is 12.1. The Bertz CT molecular complexity index is 666. The molecule has 0 heterocycles. The maximum Gasteiger partial charge on any atom is 0.312 e. The minimum atomic E-state index is -0.608. The molecule has 4 saturated carbocycles. The first kappa shape index (κ1) is 23.6. The van der Waals surface area contributed by atoms with E-state index in [4.69, 9.17) is 9.47 Å². The third-order valence-corrected chi connectivity index (χ3v) is 8.70. The van der Waals surface area contributed by atoms with Gasteiger partial charge >= 0.3 is 11.9 Å². The molecule has 0 saturated heterocycles. The monoisotopic (exact) mass is 420 g/mol. The summed E-state index contributed by atoms with van der Waals surface area (Å²) in [7, 11) is 0. The van der Waals surface area contributed by atoms with Gasteiger partial charge in [0.15, 0.2) is 0 Å². The van der Waals surface area contributed by atoms with Crippen molar-refractivity contribution in [2.75, 3.05) is 6.61 Å². The van der Waals surface area contributed by atoms with E-state index >= 15 is 0 Å². The molecule has 30 heavy (non-hydrogen) atoms. The summed E-state index contributed by atoms with van der Waals surface area (Å²) in [6.07, 6.45) is 6.80. The van der Waals surface area contributed by atoms with Crippen molar-refractivity contribution in [2.45, 2.75) is 106 Å². The molecule has 4 fully saturated rings. The SMILES string of the molecule is CCC1(OC(=O)CCOC(=O)C(C)(CC(C)(C)C)C(C)(C)C)C2CC3CC(C2)C1C3. The van der Waals surface area contributed by atoms with E-state index in [1.54, 1.807) is 0 Å². The third-order valence-electron chi connectivity index (χ3n) is 8.70. The molecule has 4 rings (SSSR count). The van der Waals surface area contributed by atoms with Crippen LogP contribution in [0.1, 0.15) is 100 Å². The molecule has 4 nitrogen and oxygen atoms in total. The minimum absolute atomic E-state index is 0.00835. The summed E-state index contributed by atoms with van der Waals surface area (Å²) in [6, 6.07) is 0. The van der Waals surface area contributed by atoms with Gasteiger partial charge in [-0.3, -0.25) is 9.59 Å². The summed E-state index contributed by atoms with van der Waals surface area (Å²) in [5, 5.41) is 0. The summed E-state index contributed by atoms with van der Waals surface area (Å²) in [6.45, 7) is 17.0. The van der Waals surface area contributed by atoms with E-state index < -0.39 is 5.41 Å². The smallest absolute Gasteiger partial charge is 0.312 e. The van der Waals surface area contributed by atoms with Gasteiger partial charge in [-0.2, -0.15) is 0 Å². The summed E-state index contributed by atoms with van der Waals surface area (Å²) < 4.78 is 11.9. The van der Waals surface area contributed by atoms with Crippen LogP contribution in [0, 0.1) is 39.9 Å². The molecule has 172 valence electrons. The van der Waals surface area contributed by atoms with Gasteiger partial charge < -0.3 is 9.47 Å². The molecule has 0 aliphatic heterocycles.